The summed E-state index contributed by atoms with van der Waals surface area (Å²) in [6.07, 6.45) is 10.1. The molecule has 22 heavy (non-hydrogen) atoms. The molecule has 0 spiro atoms. The summed E-state index contributed by atoms with van der Waals surface area (Å²) in [4.78, 5) is 18.7. The third-order valence-corrected chi connectivity index (χ3v) is 5.54. The number of aryl methyl sites for hydroxylation is 1. The van der Waals surface area contributed by atoms with E-state index in [9.17, 15) is 4.79 Å². The largest absolute Gasteiger partial charge is 0.465 e. The lowest BCUT2D eigenvalue weighted by Gasteiger charge is -2.20. The summed E-state index contributed by atoms with van der Waals surface area (Å²) in [6.45, 7) is 3.88. The smallest absolute Gasteiger partial charge is 0.309 e. The van der Waals surface area contributed by atoms with Crippen molar-refractivity contribution >= 4 is 5.97 Å². The van der Waals surface area contributed by atoms with E-state index in [0.717, 1.165) is 38.9 Å². The fourth-order valence-electron chi connectivity index (χ4n) is 4.19. The Labute approximate surface area is 131 Å². The fourth-order valence-corrected chi connectivity index (χ4v) is 4.19. The van der Waals surface area contributed by atoms with Crippen LogP contribution in [0, 0.1) is 5.92 Å². The number of carbonyl (C=O) groups excluding carboxylic acids is 1. The Morgan fingerprint density at radius 3 is 3.05 bits per heavy atom. The van der Waals surface area contributed by atoms with E-state index >= 15 is 0 Å². The highest BCUT2D eigenvalue weighted by molar-refractivity contribution is 5.74. The number of likely N-dealkylation sites (tertiary alicyclic amines) is 1. The van der Waals surface area contributed by atoms with Gasteiger partial charge in [-0.25, -0.2) is 4.98 Å². The highest BCUT2D eigenvalue weighted by Crippen LogP contribution is 2.29. The Balaban J connectivity index is 1.34. The topological polar surface area (TPSA) is 47.4 Å². The third-order valence-electron chi connectivity index (χ3n) is 5.54. The van der Waals surface area contributed by atoms with Crippen LogP contribution in [0.4, 0.5) is 0 Å². The van der Waals surface area contributed by atoms with Crippen LogP contribution in [0.15, 0.2) is 6.33 Å². The van der Waals surface area contributed by atoms with Crippen LogP contribution in [-0.2, 0) is 22.4 Å². The van der Waals surface area contributed by atoms with Crippen LogP contribution in [0.5, 0.6) is 0 Å². The second-order valence-corrected chi connectivity index (χ2v) is 6.94. The van der Waals surface area contributed by atoms with Crippen LogP contribution in [-0.4, -0.2) is 46.7 Å². The Bertz CT molecular complexity index is 554. The molecule has 5 heteroatoms. The Hall–Kier alpha value is -1.36. The minimum Gasteiger partial charge on any atom is -0.465 e. The molecule has 0 N–H and O–H groups in total. The number of hydrogen-bond acceptors (Lipinski definition) is 4. The summed E-state index contributed by atoms with van der Waals surface area (Å²) >= 11 is 0. The molecule has 120 valence electrons. The van der Waals surface area contributed by atoms with Crippen molar-refractivity contribution in [2.24, 2.45) is 5.92 Å². The number of carbonyl (C=O) groups is 1. The van der Waals surface area contributed by atoms with Gasteiger partial charge in [-0.3, -0.25) is 4.79 Å². The summed E-state index contributed by atoms with van der Waals surface area (Å²) in [5, 5.41) is 0. The number of imidazole rings is 1. The van der Waals surface area contributed by atoms with E-state index < -0.39 is 0 Å². The van der Waals surface area contributed by atoms with Crippen molar-refractivity contribution in [2.75, 3.05) is 26.2 Å². The SMILES string of the molecule is O=C1OCC[C@H]1CCN1CC[C@@H](n2cnc3c2CCCC3)C1. The minimum atomic E-state index is 0.0134. The van der Waals surface area contributed by atoms with Gasteiger partial charge >= 0.3 is 5.97 Å². The second-order valence-electron chi connectivity index (χ2n) is 6.94. The first kappa shape index (κ1) is 14.2. The van der Waals surface area contributed by atoms with Gasteiger partial charge in [-0.2, -0.15) is 0 Å². The third kappa shape index (κ3) is 2.67. The predicted octanol–water partition coefficient (Wildman–Crippen LogP) is 1.96. The zero-order valence-electron chi connectivity index (χ0n) is 13.2. The molecule has 1 aromatic heterocycles. The maximum absolute atomic E-state index is 11.5. The highest BCUT2D eigenvalue weighted by atomic mass is 16.5. The Morgan fingerprint density at radius 2 is 2.18 bits per heavy atom. The molecule has 0 saturated carbocycles. The number of ether oxygens (including phenoxy) is 1. The van der Waals surface area contributed by atoms with Crippen molar-refractivity contribution < 1.29 is 9.53 Å². The predicted molar refractivity (Wildman–Crippen MR) is 82.6 cm³/mol. The van der Waals surface area contributed by atoms with Crippen LogP contribution >= 0.6 is 0 Å². The number of esters is 1. The van der Waals surface area contributed by atoms with E-state index in [0.29, 0.717) is 12.6 Å². The van der Waals surface area contributed by atoms with Gasteiger partial charge in [0.25, 0.3) is 0 Å². The molecule has 1 aliphatic carbocycles. The van der Waals surface area contributed by atoms with E-state index in [-0.39, 0.29) is 11.9 Å². The summed E-state index contributed by atoms with van der Waals surface area (Å²) in [5.74, 6) is 0.152. The monoisotopic (exact) mass is 303 g/mol. The average molecular weight is 303 g/mol. The number of cyclic esters (lactones) is 1. The number of fused-ring (bicyclic) bond motifs is 1. The molecule has 5 nitrogen and oxygen atoms in total. The maximum Gasteiger partial charge on any atom is 0.309 e. The lowest BCUT2D eigenvalue weighted by Crippen LogP contribution is -2.26. The fraction of sp³-hybridized carbons (Fsp3) is 0.765. The maximum atomic E-state index is 11.5. The van der Waals surface area contributed by atoms with Crippen LogP contribution in [0.25, 0.3) is 0 Å². The quantitative estimate of drug-likeness (QED) is 0.798. The number of hydrogen-bond donors (Lipinski definition) is 0. The van der Waals surface area contributed by atoms with Crippen LogP contribution < -0.4 is 0 Å². The molecule has 3 aliphatic rings. The lowest BCUT2D eigenvalue weighted by atomic mass is 10.0. The van der Waals surface area contributed by atoms with E-state index in [1.54, 1.807) is 0 Å². The van der Waals surface area contributed by atoms with Gasteiger partial charge in [0.2, 0.25) is 0 Å². The zero-order valence-corrected chi connectivity index (χ0v) is 13.2. The van der Waals surface area contributed by atoms with E-state index in [2.05, 4.69) is 20.8 Å². The molecule has 2 aliphatic heterocycles. The van der Waals surface area contributed by atoms with Gasteiger partial charge in [0.15, 0.2) is 0 Å². The molecule has 0 amide bonds. The molecule has 0 unspecified atom stereocenters. The van der Waals surface area contributed by atoms with Crippen molar-refractivity contribution in [3.63, 3.8) is 0 Å². The molecule has 3 heterocycles. The van der Waals surface area contributed by atoms with E-state index in [1.165, 1.54) is 37.1 Å². The van der Waals surface area contributed by atoms with Crippen molar-refractivity contribution in [2.45, 2.75) is 51.0 Å². The first-order chi connectivity index (χ1) is 10.8. The zero-order chi connectivity index (χ0) is 14.9. The van der Waals surface area contributed by atoms with E-state index in [1.807, 2.05) is 0 Å². The molecule has 1 aromatic rings. The molecule has 4 rings (SSSR count). The van der Waals surface area contributed by atoms with Crippen LogP contribution in [0.3, 0.4) is 0 Å². The molecule has 2 saturated heterocycles. The first-order valence-electron chi connectivity index (χ1n) is 8.75. The highest BCUT2D eigenvalue weighted by Gasteiger charge is 2.30. The molecule has 0 aromatic carbocycles. The van der Waals surface area contributed by atoms with Gasteiger partial charge in [0, 0.05) is 24.8 Å². The molecule has 2 fully saturated rings. The molecule has 2 atom stereocenters. The standard InChI is InChI=1S/C17H25N3O2/c21-17-13(7-10-22-17)5-8-19-9-6-14(11-19)20-12-18-15-3-1-2-4-16(15)20/h12-14H,1-11H2/t13-,14-/m1/s1. The van der Waals surface area contributed by atoms with Crippen molar-refractivity contribution in [1.29, 1.82) is 0 Å². The number of rotatable bonds is 4. The molecule has 0 radical (unpaired) electrons. The molecule has 0 bridgehead atoms. The average Bonchev–Trinajstić information content (AvgIpc) is 3.24. The summed E-state index contributed by atoms with van der Waals surface area (Å²) in [7, 11) is 0. The van der Waals surface area contributed by atoms with E-state index in [4.69, 9.17) is 4.74 Å². The number of nitrogens with zero attached hydrogens (tertiary/aromatic N) is 3. The van der Waals surface area contributed by atoms with Gasteiger partial charge in [-0.05, 0) is 51.5 Å². The van der Waals surface area contributed by atoms with Gasteiger partial charge in [0.1, 0.15) is 0 Å². The first-order valence-corrected chi connectivity index (χ1v) is 8.75. The van der Waals surface area contributed by atoms with Crippen LogP contribution in [0.2, 0.25) is 0 Å². The Kier molecular flexibility index (Phi) is 3.90. The van der Waals surface area contributed by atoms with Crippen LogP contribution in [0.1, 0.15) is 49.5 Å². The minimum absolute atomic E-state index is 0.0134. The summed E-state index contributed by atoms with van der Waals surface area (Å²) in [6, 6.07) is 0.574. The van der Waals surface area contributed by atoms with Gasteiger partial charge < -0.3 is 14.2 Å². The van der Waals surface area contributed by atoms with Gasteiger partial charge in [-0.1, -0.05) is 0 Å². The number of aromatic nitrogens is 2. The second kappa shape index (κ2) is 6.03. The normalized spacial score (nSPS) is 28.8. The van der Waals surface area contributed by atoms with Crippen molar-refractivity contribution in [3.05, 3.63) is 17.7 Å². The molecular weight excluding hydrogens is 278 g/mol. The summed E-state index contributed by atoms with van der Waals surface area (Å²) < 4.78 is 7.50. The molecular formula is C17H25N3O2. The lowest BCUT2D eigenvalue weighted by molar-refractivity contribution is -0.141. The van der Waals surface area contributed by atoms with Gasteiger partial charge in [0.05, 0.1) is 24.5 Å². The van der Waals surface area contributed by atoms with Gasteiger partial charge in [-0.15, -0.1) is 0 Å². The van der Waals surface area contributed by atoms with Crippen molar-refractivity contribution in [1.82, 2.24) is 14.5 Å². The summed E-state index contributed by atoms with van der Waals surface area (Å²) in [5.41, 5.74) is 2.82. The Morgan fingerprint density at radius 1 is 1.27 bits per heavy atom. The van der Waals surface area contributed by atoms with Crippen molar-refractivity contribution in [3.8, 4) is 0 Å².